The minimum Gasteiger partial charge on any atom is -0.372 e. The van der Waals surface area contributed by atoms with Crippen molar-refractivity contribution in [3.05, 3.63) is 18.0 Å². The third kappa shape index (κ3) is 1.23. The van der Waals surface area contributed by atoms with E-state index in [2.05, 4.69) is 5.10 Å². The highest BCUT2D eigenvalue weighted by Crippen LogP contribution is 2.26. The predicted molar refractivity (Wildman–Crippen MR) is 44.5 cm³/mol. The van der Waals surface area contributed by atoms with E-state index in [4.69, 9.17) is 10.5 Å². The van der Waals surface area contributed by atoms with Crippen LogP contribution >= 0.6 is 0 Å². The number of aryl methyl sites for hydroxylation is 1. The molecule has 0 aromatic carbocycles. The van der Waals surface area contributed by atoms with Gasteiger partial charge in [0.05, 0.1) is 6.20 Å². The van der Waals surface area contributed by atoms with E-state index in [0.29, 0.717) is 0 Å². The number of rotatable bonds is 1. The molecule has 1 aromatic heterocycles. The van der Waals surface area contributed by atoms with Crippen molar-refractivity contribution in [3.8, 4) is 0 Å². The summed E-state index contributed by atoms with van der Waals surface area (Å²) in [4.78, 5) is 0. The molecule has 2 rings (SSSR count). The molecule has 1 fully saturated rings. The molecule has 4 nitrogen and oxygen atoms in total. The molecule has 12 heavy (non-hydrogen) atoms. The molecule has 2 heterocycles. The maximum atomic E-state index is 5.86. The standard InChI is InChI=1S/C8H13N3O/c1-11-5-6(4-10-11)8-7(9)2-3-12-8/h4-5,7-8H,2-3,9H2,1H3/t7-,8-/m0/s1. The Balaban J connectivity index is 2.19. The Kier molecular flexibility index (Phi) is 1.86. The lowest BCUT2D eigenvalue weighted by Gasteiger charge is -2.11. The lowest BCUT2D eigenvalue weighted by atomic mass is 10.1. The van der Waals surface area contributed by atoms with Crippen LogP contribution in [0.5, 0.6) is 0 Å². The smallest absolute Gasteiger partial charge is 0.101 e. The van der Waals surface area contributed by atoms with Crippen LogP contribution in [0.25, 0.3) is 0 Å². The largest absolute Gasteiger partial charge is 0.372 e. The molecule has 0 saturated carbocycles. The Morgan fingerprint density at radius 1 is 1.75 bits per heavy atom. The molecule has 1 aromatic rings. The van der Waals surface area contributed by atoms with Crippen molar-refractivity contribution < 1.29 is 4.74 Å². The summed E-state index contributed by atoms with van der Waals surface area (Å²) in [7, 11) is 1.89. The van der Waals surface area contributed by atoms with E-state index in [1.165, 1.54) is 0 Å². The minimum absolute atomic E-state index is 0.0544. The van der Waals surface area contributed by atoms with E-state index in [1.54, 1.807) is 4.68 Å². The molecule has 0 bridgehead atoms. The van der Waals surface area contributed by atoms with Crippen molar-refractivity contribution in [2.75, 3.05) is 6.61 Å². The van der Waals surface area contributed by atoms with E-state index in [9.17, 15) is 0 Å². The third-order valence-corrected chi connectivity index (χ3v) is 2.19. The SMILES string of the molecule is Cn1cc([C@@H]2OCC[C@@H]2N)cn1. The number of aromatic nitrogens is 2. The summed E-state index contributed by atoms with van der Waals surface area (Å²) >= 11 is 0. The Labute approximate surface area is 71.3 Å². The van der Waals surface area contributed by atoms with Gasteiger partial charge in [-0.05, 0) is 6.42 Å². The van der Waals surface area contributed by atoms with Crippen LogP contribution in [-0.2, 0) is 11.8 Å². The Morgan fingerprint density at radius 2 is 2.58 bits per heavy atom. The van der Waals surface area contributed by atoms with Crippen molar-refractivity contribution >= 4 is 0 Å². The number of hydrogen-bond acceptors (Lipinski definition) is 3. The Hall–Kier alpha value is -0.870. The Morgan fingerprint density at radius 3 is 3.08 bits per heavy atom. The number of ether oxygens (including phenoxy) is 1. The van der Waals surface area contributed by atoms with Gasteiger partial charge in [-0.2, -0.15) is 5.10 Å². The number of nitrogens with zero attached hydrogens (tertiary/aromatic N) is 2. The highest BCUT2D eigenvalue weighted by atomic mass is 16.5. The first-order valence-corrected chi connectivity index (χ1v) is 4.13. The molecular weight excluding hydrogens is 154 g/mol. The van der Waals surface area contributed by atoms with Gasteiger partial charge in [-0.3, -0.25) is 4.68 Å². The molecule has 1 saturated heterocycles. The first-order chi connectivity index (χ1) is 5.77. The Bertz CT molecular complexity index is 271. The zero-order valence-corrected chi connectivity index (χ0v) is 7.10. The van der Waals surface area contributed by atoms with Crippen LogP contribution in [0.15, 0.2) is 12.4 Å². The second kappa shape index (κ2) is 2.88. The third-order valence-electron chi connectivity index (χ3n) is 2.19. The fourth-order valence-corrected chi connectivity index (χ4v) is 1.54. The molecule has 2 atom stereocenters. The van der Waals surface area contributed by atoms with Crippen LogP contribution in [0.1, 0.15) is 18.1 Å². The molecule has 1 aliphatic heterocycles. The van der Waals surface area contributed by atoms with E-state index < -0.39 is 0 Å². The van der Waals surface area contributed by atoms with E-state index in [0.717, 1.165) is 18.6 Å². The van der Waals surface area contributed by atoms with Gasteiger partial charge in [0.15, 0.2) is 0 Å². The second-order valence-electron chi connectivity index (χ2n) is 3.19. The van der Waals surface area contributed by atoms with Gasteiger partial charge >= 0.3 is 0 Å². The quantitative estimate of drug-likeness (QED) is 0.650. The molecule has 2 N–H and O–H groups in total. The molecule has 0 spiro atoms. The first-order valence-electron chi connectivity index (χ1n) is 4.13. The molecule has 0 amide bonds. The van der Waals surface area contributed by atoms with Gasteiger partial charge in [0, 0.05) is 31.5 Å². The molecule has 66 valence electrons. The van der Waals surface area contributed by atoms with Crippen LogP contribution in [0.4, 0.5) is 0 Å². The predicted octanol–water partition coefficient (Wildman–Crippen LogP) is 0.209. The zero-order chi connectivity index (χ0) is 8.55. The van der Waals surface area contributed by atoms with Gasteiger partial charge in [-0.1, -0.05) is 0 Å². The highest BCUT2D eigenvalue weighted by molar-refractivity contribution is 5.11. The molecule has 0 unspecified atom stereocenters. The summed E-state index contributed by atoms with van der Waals surface area (Å²) in [5.74, 6) is 0. The number of nitrogens with two attached hydrogens (primary N) is 1. The van der Waals surface area contributed by atoms with Gasteiger partial charge in [0.2, 0.25) is 0 Å². The minimum atomic E-state index is 0.0544. The molecule has 1 aliphatic rings. The van der Waals surface area contributed by atoms with E-state index in [1.807, 2.05) is 19.4 Å². The summed E-state index contributed by atoms with van der Waals surface area (Å²) < 4.78 is 7.25. The second-order valence-corrected chi connectivity index (χ2v) is 3.19. The summed E-state index contributed by atoms with van der Waals surface area (Å²) in [6.45, 7) is 0.765. The van der Waals surface area contributed by atoms with Crippen LogP contribution in [0, 0.1) is 0 Å². The van der Waals surface area contributed by atoms with Crippen LogP contribution in [-0.4, -0.2) is 22.4 Å². The van der Waals surface area contributed by atoms with Crippen LogP contribution in [0.3, 0.4) is 0 Å². The van der Waals surface area contributed by atoms with Crippen molar-refractivity contribution in [1.82, 2.24) is 9.78 Å². The van der Waals surface area contributed by atoms with Gasteiger partial charge < -0.3 is 10.5 Å². The first kappa shape index (κ1) is 7.76. The monoisotopic (exact) mass is 167 g/mol. The fraction of sp³-hybridized carbons (Fsp3) is 0.625. The zero-order valence-electron chi connectivity index (χ0n) is 7.10. The van der Waals surface area contributed by atoms with E-state index >= 15 is 0 Å². The van der Waals surface area contributed by atoms with Gasteiger partial charge in [-0.25, -0.2) is 0 Å². The summed E-state index contributed by atoms with van der Waals surface area (Å²) in [6.07, 6.45) is 4.77. The molecule has 4 heteroatoms. The van der Waals surface area contributed by atoms with Crippen molar-refractivity contribution in [3.63, 3.8) is 0 Å². The normalized spacial score (nSPS) is 29.5. The molecule has 0 radical (unpaired) electrons. The fourth-order valence-electron chi connectivity index (χ4n) is 1.54. The molecule has 0 aliphatic carbocycles. The topological polar surface area (TPSA) is 53.1 Å². The van der Waals surface area contributed by atoms with Gasteiger partial charge in [0.25, 0.3) is 0 Å². The van der Waals surface area contributed by atoms with Crippen molar-refractivity contribution in [1.29, 1.82) is 0 Å². The average molecular weight is 167 g/mol. The summed E-state index contributed by atoms with van der Waals surface area (Å²) in [5.41, 5.74) is 6.94. The maximum absolute atomic E-state index is 5.86. The van der Waals surface area contributed by atoms with Gasteiger partial charge in [-0.15, -0.1) is 0 Å². The average Bonchev–Trinajstić information content (AvgIpc) is 2.58. The lowest BCUT2D eigenvalue weighted by molar-refractivity contribution is 0.105. The van der Waals surface area contributed by atoms with Gasteiger partial charge in [0.1, 0.15) is 6.10 Å². The maximum Gasteiger partial charge on any atom is 0.101 e. The lowest BCUT2D eigenvalue weighted by Crippen LogP contribution is -2.23. The van der Waals surface area contributed by atoms with Crippen molar-refractivity contribution in [2.24, 2.45) is 12.8 Å². The summed E-state index contributed by atoms with van der Waals surface area (Å²) in [5, 5.41) is 4.08. The number of hydrogen-bond donors (Lipinski definition) is 1. The highest BCUT2D eigenvalue weighted by Gasteiger charge is 2.27. The van der Waals surface area contributed by atoms with Crippen LogP contribution in [0.2, 0.25) is 0 Å². The van der Waals surface area contributed by atoms with Crippen molar-refractivity contribution in [2.45, 2.75) is 18.6 Å². The van der Waals surface area contributed by atoms with E-state index in [-0.39, 0.29) is 12.1 Å². The van der Waals surface area contributed by atoms with Crippen LogP contribution < -0.4 is 5.73 Å². The summed E-state index contributed by atoms with van der Waals surface area (Å²) in [6, 6.07) is 0.134. The molecular formula is C8H13N3O.